The van der Waals surface area contributed by atoms with Crippen molar-refractivity contribution in [1.29, 1.82) is 0 Å². The Kier molecular flexibility index (Phi) is 4.48. The van der Waals surface area contributed by atoms with Gasteiger partial charge in [0.05, 0.1) is 12.0 Å². The number of nitrogens with one attached hydrogen (secondary N) is 1. The molecule has 0 radical (unpaired) electrons. The van der Waals surface area contributed by atoms with Crippen molar-refractivity contribution in [3.8, 4) is 0 Å². The Morgan fingerprint density at radius 2 is 2.33 bits per heavy atom. The molecule has 5 nitrogen and oxygen atoms in total. The number of allylic oxidation sites excluding steroid dienone is 1. The van der Waals surface area contributed by atoms with E-state index in [-0.39, 0.29) is 0 Å². The molecule has 2 aliphatic rings. The largest absolute Gasteiger partial charge is 0.497 e. The summed E-state index contributed by atoms with van der Waals surface area (Å²) in [4.78, 5) is 2.45. The molecule has 0 amide bonds. The highest BCUT2D eigenvalue weighted by Gasteiger charge is 2.23. The highest BCUT2D eigenvalue weighted by atomic mass is 16.5. The zero-order valence-corrected chi connectivity index (χ0v) is 13.1. The fraction of sp³-hybridized carbons (Fsp3) is 0.688. The summed E-state index contributed by atoms with van der Waals surface area (Å²) in [5.41, 5.74) is 1.09. The summed E-state index contributed by atoms with van der Waals surface area (Å²) < 4.78 is 7.62. The van der Waals surface area contributed by atoms with Crippen LogP contribution in [0.5, 0.6) is 0 Å². The van der Waals surface area contributed by atoms with E-state index < -0.39 is 0 Å². The minimum atomic E-state index is 0.337. The van der Waals surface area contributed by atoms with Crippen molar-refractivity contribution in [3.05, 3.63) is 24.1 Å². The van der Waals surface area contributed by atoms with Crippen LogP contribution in [0, 0.1) is 6.92 Å². The first-order chi connectivity index (χ1) is 10.2. The van der Waals surface area contributed by atoms with Crippen LogP contribution in [-0.2, 0) is 11.8 Å². The van der Waals surface area contributed by atoms with Gasteiger partial charge in [-0.15, -0.1) is 0 Å². The van der Waals surface area contributed by atoms with Crippen molar-refractivity contribution >= 4 is 5.82 Å². The van der Waals surface area contributed by atoms with Gasteiger partial charge in [0.1, 0.15) is 11.9 Å². The Morgan fingerprint density at radius 3 is 3.05 bits per heavy atom. The number of anilines is 1. The van der Waals surface area contributed by atoms with Crippen molar-refractivity contribution < 1.29 is 4.74 Å². The molecule has 1 aromatic heterocycles. The third-order valence-corrected chi connectivity index (χ3v) is 4.38. The molecule has 0 bridgehead atoms. The molecule has 0 aliphatic carbocycles. The second kappa shape index (κ2) is 6.52. The van der Waals surface area contributed by atoms with E-state index in [1.165, 1.54) is 18.7 Å². The minimum Gasteiger partial charge on any atom is -0.497 e. The third-order valence-electron chi connectivity index (χ3n) is 4.38. The lowest BCUT2D eigenvalue weighted by Crippen LogP contribution is -2.48. The van der Waals surface area contributed by atoms with Crippen molar-refractivity contribution in [2.24, 2.45) is 7.05 Å². The van der Waals surface area contributed by atoms with Gasteiger partial charge in [0, 0.05) is 38.8 Å². The van der Waals surface area contributed by atoms with Gasteiger partial charge in [-0.2, -0.15) is 5.10 Å². The van der Waals surface area contributed by atoms with Gasteiger partial charge in [0.2, 0.25) is 0 Å². The second-order valence-corrected chi connectivity index (χ2v) is 6.17. The van der Waals surface area contributed by atoms with Crippen molar-refractivity contribution in [2.45, 2.75) is 44.8 Å². The monoisotopic (exact) mass is 290 g/mol. The molecule has 1 fully saturated rings. The lowest BCUT2D eigenvalue weighted by molar-refractivity contribution is 0.118. The van der Waals surface area contributed by atoms with E-state index in [2.05, 4.69) is 34.4 Å². The Labute approximate surface area is 127 Å². The van der Waals surface area contributed by atoms with Crippen LogP contribution in [0.15, 0.2) is 18.4 Å². The van der Waals surface area contributed by atoms with E-state index in [4.69, 9.17) is 4.74 Å². The van der Waals surface area contributed by atoms with E-state index in [1.54, 1.807) is 0 Å². The Morgan fingerprint density at radius 1 is 1.43 bits per heavy atom. The van der Waals surface area contributed by atoms with Crippen molar-refractivity contribution in [1.82, 2.24) is 15.1 Å². The van der Waals surface area contributed by atoms with E-state index in [9.17, 15) is 0 Å². The summed E-state index contributed by atoms with van der Waals surface area (Å²) >= 11 is 0. The minimum absolute atomic E-state index is 0.337. The fourth-order valence-corrected chi connectivity index (χ4v) is 3.28. The maximum atomic E-state index is 5.63. The molecule has 2 atom stereocenters. The lowest BCUT2D eigenvalue weighted by atomic mass is 10.0. The van der Waals surface area contributed by atoms with Gasteiger partial charge in [0.25, 0.3) is 0 Å². The zero-order valence-electron chi connectivity index (χ0n) is 13.1. The van der Waals surface area contributed by atoms with E-state index in [1.807, 2.05) is 18.0 Å². The van der Waals surface area contributed by atoms with Gasteiger partial charge in [-0.25, -0.2) is 0 Å². The highest BCUT2D eigenvalue weighted by Crippen LogP contribution is 2.20. The number of ether oxygens (including phenoxy) is 1. The average molecular weight is 290 g/mol. The van der Waals surface area contributed by atoms with Crippen molar-refractivity contribution in [2.75, 3.05) is 24.5 Å². The molecule has 3 rings (SSSR count). The van der Waals surface area contributed by atoms with Gasteiger partial charge in [0.15, 0.2) is 0 Å². The standard InChI is InChI=1S/C16H26N4O/c1-13-10-16(19(2)18-13)20-8-5-6-14(12-20)17-11-15-7-3-4-9-21-15/h4,9-10,14-15,17H,3,5-8,11-12H2,1-2H3/t14-,15-/m1/s1. The fourth-order valence-electron chi connectivity index (χ4n) is 3.28. The van der Waals surface area contributed by atoms with Crippen LogP contribution in [0.2, 0.25) is 0 Å². The third kappa shape index (κ3) is 3.59. The maximum absolute atomic E-state index is 5.63. The molecule has 1 aromatic rings. The molecular weight excluding hydrogens is 264 g/mol. The highest BCUT2D eigenvalue weighted by molar-refractivity contribution is 5.41. The summed E-state index contributed by atoms with van der Waals surface area (Å²) in [6.07, 6.45) is 9.02. The zero-order chi connectivity index (χ0) is 14.7. The molecule has 21 heavy (non-hydrogen) atoms. The van der Waals surface area contributed by atoms with Crippen LogP contribution < -0.4 is 10.2 Å². The number of nitrogens with zero attached hydrogens (tertiary/aromatic N) is 3. The summed E-state index contributed by atoms with van der Waals surface area (Å²) in [5.74, 6) is 1.23. The number of hydrogen-bond donors (Lipinski definition) is 1. The molecule has 1 saturated heterocycles. The number of aryl methyl sites for hydroxylation is 2. The SMILES string of the molecule is Cc1cc(N2CCC[C@@H](NC[C@H]3CCC=CO3)C2)n(C)n1. The Hall–Kier alpha value is -1.49. The molecule has 0 saturated carbocycles. The van der Waals surface area contributed by atoms with Gasteiger partial charge < -0.3 is 15.0 Å². The predicted octanol–water partition coefficient (Wildman–Crippen LogP) is 1.98. The van der Waals surface area contributed by atoms with Gasteiger partial charge in [-0.1, -0.05) is 0 Å². The molecule has 0 spiro atoms. The smallest absolute Gasteiger partial charge is 0.126 e. The van der Waals surface area contributed by atoms with Crippen LogP contribution in [0.4, 0.5) is 5.82 Å². The quantitative estimate of drug-likeness (QED) is 0.921. The van der Waals surface area contributed by atoms with Crippen LogP contribution in [-0.4, -0.2) is 41.6 Å². The first kappa shape index (κ1) is 14.4. The molecule has 5 heteroatoms. The molecule has 3 heterocycles. The van der Waals surface area contributed by atoms with Gasteiger partial charge in [-0.05, 0) is 38.7 Å². The molecule has 116 valence electrons. The number of aromatic nitrogens is 2. The van der Waals surface area contributed by atoms with E-state index in [0.717, 1.165) is 38.2 Å². The van der Waals surface area contributed by atoms with Crippen LogP contribution in [0.25, 0.3) is 0 Å². The van der Waals surface area contributed by atoms with Gasteiger partial charge >= 0.3 is 0 Å². The van der Waals surface area contributed by atoms with Gasteiger partial charge in [-0.3, -0.25) is 4.68 Å². The maximum Gasteiger partial charge on any atom is 0.126 e. The average Bonchev–Trinajstić information content (AvgIpc) is 2.85. The molecule has 0 unspecified atom stereocenters. The molecular formula is C16H26N4O. The van der Waals surface area contributed by atoms with Crippen LogP contribution >= 0.6 is 0 Å². The van der Waals surface area contributed by atoms with Crippen LogP contribution in [0.1, 0.15) is 31.4 Å². The second-order valence-electron chi connectivity index (χ2n) is 6.17. The predicted molar refractivity (Wildman–Crippen MR) is 84.4 cm³/mol. The first-order valence-corrected chi connectivity index (χ1v) is 8.02. The molecule has 0 aromatic carbocycles. The van der Waals surface area contributed by atoms with Crippen molar-refractivity contribution in [3.63, 3.8) is 0 Å². The normalized spacial score (nSPS) is 25.9. The Bertz CT molecular complexity index is 496. The molecule has 1 N–H and O–H groups in total. The number of rotatable bonds is 4. The Balaban J connectivity index is 1.53. The molecule has 2 aliphatic heterocycles. The van der Waals surface area contributed by atoms with Crippen LogP contribution in [0.3, 0.4) is 0 Å². The van der Waals surface area contributed by atoms with E-state index >= 15 is 0 Å². The number of piperidine rings is 1. The summed E-state index contributed by atoms with van der Waals surface area (Å²) in [6.45, 7) is 5.19. The lowest BCUT2D eigenvalue weighted by Gasteiger charge is -2.35. The topological polar surface area (TPSA) is 42.3 Å². The summed E-state index contributed by atoms with van der Waals surface area (Å²) in [5, 5.41) is 8.14. The number of hydrogen-bond acceptors (Lipinski definition) is 4. The van der Waals surface area contributed by atoms with E-state index in [0.29, 0.717) is 12.1 Å². The summed E-state index contributed by atoms with van der Waals surface area (Å²) in [7, 11) is 2.03. The first-order valence-electron chi connectivity index (χ1n) is 8.02. The summed E-state index contributed by atoms with van der Waals surface area (Å²) in [6, 6.07) is 2.72.